The van der Waals surface area contributed by atoms with Crippen molar-refractivity contribution >= 4 is 51.3 Å². The molecule has 0 radical (unpaired) electrons. The summed E-state index contributed by atoms with van der Waals surface area (Å²) in [5.74, 6) is -2.69. The summed E-state index contributed by atoms with van der Waals surface area (Å²) in [6.45, 7) is 2.82. The van der Waals surface area contributed by atoms with Gasteiger partial charge in [0.1, 0.15) is 24.2 Å². The summed E-state index contributed by atoms with van der Waals surface area (Å²) in [5, 5.41) is 13.1. The summed E-state index contributed by atoms with van der Waals surface area (Å²) in [6, 6.07) is 11.0. The third-order valence-electron chi connectivity index (χ3n) is 11.2. The van der Waals surface area contributed by atoms with Crippen LogP contribution in [-0.4, -0.2) is 76.8 Å². The van der Waals surface area contributed by atoms with Crippen LogP contribution in [-0.2, 0) is 36.8 Å². The number of H-pyrrole nitrogens is 2. The van der Waals surface area contributed by atoms with Crippen LogP contribution in [0.15, 0.2) is 60.9 Å². The largest absolute Gasteiger partial charge is 0.368 e. The van der Waals surface area contributed by atoms with Crippen LogP contribution in [0, 0.1) is 0 Å². The molecule has 2 aromatic carbocycles. The van der Waals surface area contributed by atoms with Gasteiger partial charge in [0.2, 0.25) is 29.5 Å². The zero-order chi connectivity index (χ0) is 43.1. The summed E-state index contributed by atoms with van der Waals surface area (Å²) in [7, 11) is 0. The molecule has 0 saturated heterocycles. The lowest BCUT2D eigenvalue weighted by Gasteiger charge is -2.26. The number of fused-ring (bicyclic) bond motifs is 2. The van der Waals surface area contributed by atoms with E-state index in [0.717, 1.165) is 58.6 Å². The van der Waals surface area contributed by atoms with Crippen LogP contribution in [0.1, 0.15) is 121 Å². The molecule has 4 aromatic rings. The number of hydrogen-bond acceptors (Lipinski definition) is 7. The van der Waals surface area contributed by atoms with Crippen molar-refractivity contribution in [3.05, 3.63) is 72.1 Å². The van der Waals surface area contributed by atoms with E-state index in [1.165, 1.54) is 44.9 Å². The number of amides is 5. The van der Waals surface area contributed by atoms with E-state index in [2.05, 4.69) is 38.2 Å². The molecule has 0 aliphatic heterocycles. The maximum absolute atomic E-state index is 14.2. The van der Waals surface area contributed by atoms with E-state index in [9.17, 15) is 24.0 Å². The zero-order valence-corrected chi connectivity index (χ0v) is 35.5. The van der Waals surface area contributed by atoms with E-state index in [0.29, 0.717) is 32.2 Å². The number of benzene rings is 2. The smallest absolute Gasteiger partial charge is 0.243 e. The second-order valence-corrected chi connectivity index (χ2v) is 16.0. The minimum atomic E-state index is -1.16. The Labute approximate surface area is 354 Å². The van der Waals surface area contributed by atoms with Crippen molar-refractivity contribution in [2.45, 2.75) is 147 Å². The number of unbranched alkanes of at least 4 members (excludes halogenated alkanes) is 10. The summed E-state index contributed by atoms with van der Waals surface area (Å²) in [5.41, 5.74) is 20.8. The van der Waals surface area contributed by atoms with Crippen molar-refractivity contribution in [1.29, 1.82) is 0 Å². The Morgan fingerprint density at radius 2 is 0.950 bits per heavy atom. The highest BCUT2D eigenvalue weighted by atomic mass is 16.2. The molecule has 12 N–H and O–H groups in total. The SMILES string of the molecule is CCCCCCCCCCCCCC(=O)N[C@@H](CCCN)C(=O)N[C@@H](CCCN)C(=O)N[C@@H](Cc1c[nH]c2ccccc12)C(=O)N[C@@H](Cc1c[nH]c2ccccc12)C(N)=O. The highest BCUT2D eigenvalue weighted by molar-refractivity contribution is 5.96. The molecule has 0 saturated carbocycles. The van der Waals surface area contributed by atoms with Gasteiger partial charge in [0, 0.05) is 53.5 Å². The lowest BCUT2D eigenvalue weighted by molar-refractivity contribution is -0.134. The van der Waals surface area contributed by atoms with Gasteiger partial charge < -0.3 is 48.4 Å². The van der Waals surface area contributed by atoms with Gasteiger partial charge in [-0.3, -0.25) is 24.0 Å². The Morgan fingerprint density at radius 1 is 0.533 bits per heavy atom. The zero-order valence-electron chi connectivity index (χ0n) is 35.5. The molecule has 14 nitrogen and oxygen atoms in total. The number of carbonyl (C=O) groups excluding carboxylic acids is 5. The van der Waals surface area contributed by atoms with Crippen LogP contribution in [0.5, 0.6) is 0 Å². The van der Waals surface area contributed by atoms with Crippen LogP contribution >= 0.6 is 0 Å². The molecule has 4 atom stereocenters. The Morgan fingerprint density at radius 3 is 1.45 bits per heavy atom. The normalized spacial score (nSPS) is 13.4. The van der Waals surface area contributed by atoms with E-state index in [-0.39, 0.29) is 31.7 Å². The van der Waals surface area contributed by atoms with Gasteiger partial charge in [0.25, 0.3) is 0 Å². The molecule has 0 fully saturated rings. The highest BCUT2D eigenvalue weighted by Gasteiger charge is 2.32. The maximum atomic E-state index is 14.2. The van der Waals surface area contributed by atoms with Crippen molar-refractivity contribution < 1.29 is 24.0 Å². The molecule has 4 rings (SSSR count). The Balaban J connectivity index is 1.42. The quantitative estimate of drug-likeness (QED) is 0.0324. The first kappa shape index (κ1) is 47.5. The molecular formula is C46H69N9O5. The monoisotopic (exact) mass is 828 g/mol. The van der Waals surface area contributed by atoms with Crippen LogP contribution in [0.3, 0.4) is 0 Å². The van der Waals surface area contributed by atoms with Crippen molar-refractivity contribution in [1.82, 2.24) is 31.2 Å². The number of hydrogen-bond donors (Lipinski definition) is 9. The van der Waals surface area contributed by atoms with Crippen molar-refractivity contribution in [2.24, 2.45) is 17.2 Å². The first-order valence-electron chi connectivity index (χ1n) is 22.1. The van der Waals surface area contributed by atoms with E-state index in [1.54, 1.807) is 12.4 Å². The number of nitrogens with one attached hydrogen (secondary N) is 6. The van der Waals surface area contributed by atoms with E-state index >= 15 is 0 Å². The van der Waals surface area contributed by atoms with E-state index in [1.807, 2.05) is 48.5 Å². The molecular weight excluding hydrogens is 759 g/mol. The highest BCUT2D eigenvalue weighted by Crippen LogP contribution is 2.21. The fraction of sp³-hybridized carbons (Fsp3) is 0.543. The topological polar surface area (TPSA) is 243 Å². The van der Waals surface area contributed by atoms with Gasteiger partial charge in [-0.1, -0.05) is 108 Å². The van der Waals surface area contributed by atoms with Gasteiger partial charge in [-0.05, 0) is 68.5 Å². The van der Waals surface area contributed by atoms with Gasteiger partial charge in [-0.15, -0.1) is 0 Å². The predicted molar refractivity (Wildman–Crippen MR) is 239 cm³/mol. The Hall–Kier alpha value is -5.21. The van der Waals surface area contributed by atoms with Crippen LogP contribution in [0.4, 0.5) is 0 Å². The molecule has 2 aromatic heterocycles. The molecule has 0 bridgehead atoms. The lowest BCUT2D eigenvalue weighted by Crippen LogP contribution is -2.58. The predicted octanol–water partition coefficient (Wildman–Crippen LogP) is 5.04. The molecule has 0 aliphatic rings. The fourth-order valence-electron chi connectivity index (χ4n) is 7.69. The van der Waals surface area contributed by atoms with Gasteiger partial charge in [0.05, 0.1) is 0 Å². The summed E-state index contributed by atoms with van der Waals surface area (Å²) in [4.78, 5) is 74.3. The molecule has 2 heterocycles. The molecule has 0 aliphatic carbocycles. The van der Waals surface area contributed by atoms with E-state index in [4.69, 9.17) is 17.2 Å². The average molecular weight is 828 g/mol. The number of aromatic amines is 2. The lowest BCUT2D eigenvalue weighted by atomic mass is 10.0. The molecule has 0 unspecified atom stereocenters. The number of aromatic nitrogens is 2. The number of nitrogens with two attached hydrogens (primary N) is 3. The summed E-state index contributed by atoms with van der Waals surface area (Å²) >= 11 is 0. The molecule has 5 amide bonds. The van der Waals surface area contributed by atoms with Crippen molar-refractivity contribution in [2.75, 3.05) is 13.1 Å². The second-order valence-electron chi connectivity index (χ2n) is 16.0. The van der Waals surface area contributed by atoms with Crippen LogP contribution in [0.2, 0.25) is 0 Å². The molecule has 0 spiro atoms. The van der Waals surface area contributed by atoms with Crippen molar-refractivity contribution in [3.63, 3.8) is 0 Å². The van der Waals surface area contributed by atoms with Gasteiger partial charge in [-0.2, -0.15) is 0 Å². The van der Waals surface area contributed by atoms with Gasteiger partial charge in [-0.25, -0.2) is 0 Å². The van der Waals surface area contributed by atoms with Gasteiger partial charge in [0.15, 0.2) is 0 Å². The summed E-state index contributed by atoms with van der Waals surface area (Å²) in [6.07, 6.45) is 18.3. The minimum absolute atomic E-state index is 0.0753. The molecule has 60 heavy (non-hydrogen) atoms. The molecule has 14 heteroatoms. The number of primary amides is 1. The second kappa shape index (κ2) is 26.1. The first-order chi connectivity index (χ1) is 29.1. The summed E-state index contributed by atoms with van der Waals surface area (Å²) < 4.78 is 0. The maximum Gasteiger partial charge on any atom is 0.243 e. The van der Waals surface area contributed by atoms with Gasteiger partial charge >= 0.3 is 0 Å². The standard InChI is InChI=1S/C46H69N9O5/c1-2-3-4-5-6-7-8-9-10-11-12-25-42(56)52-38(23-17-26-47)44(58)53-39(24-18-27-48)45(59)55-41(29-33-31-51-37-22-16-14-20-35(33)37)46(60)54-40(43(49)57)28-32-30-50-36-21-15-13-19-34(32)36/h13-16,19-22,30-31,38-41,50-51H,2-12,17-18,23-29,47-48H2,1H3,(H2,49,57)(H,52,56)(H,53,58)(H,54,60)(H,55,59)/t38-,39-,40-,41-/m0/s1. The minimum Gasteiger partial charge on any atom is -0.368 e. The Kier molecular flexibility index (Phi) is 20.6. The third-order valence-corrected chi connectivity index (χ3v) is 11.2. The first-order valence-corrected chi connectivity index (χ1v) is 22.1. The van der Waals surface area contributed by atoms with Crippen LogP contribution in [0.25, 0.3) is 21.8 Å². The van der Waals surface area contributed by atoms with Crippen LogP contribution < -0.4 is 38.5 Å². The Bertz CT molecular complexity index is 1940. The molecule has 328 valence electrons. The van der Waals surface area contributed by atoms with E-state index < -0.39 is 47.8 Å². The van der Waals surface area contributed by atoms with Crippen molar-refractivity contribution in [3.8, 4) is 0 Å². The number of rotatable bonds is 30. The third kappa shape index (κ3) is 15.4. The number of para-hydroxylation sites is 2. The average Bonchev–Trinajstić information content (AvgIpc) is 3.85. The fourth-order valence-corrected chi connectivity index (χ4v) is 7.69. The number of carbonyl (C=O) groups is 5.